The van der Waals surface area contributed by atoms with Crippen molar-refractivity contribution in [1.82, 2.24) is 4.98 Å². The van der Waals surface area contributed by atoms with E-state index in [2.05, 4.69) is 11.9 Å². The highest BCUT2D eigenvalue weighted by Gasteiger charge is 2.10. The fourth-order valence-corrected chi connectivity index (χ4v) is 1.67. The molecule has 0 amide bonds. The molecule has 0 bridgehead atoms. The molecular formula is C13H16N2O. The quantitative estimate of drug-likeness (QED) is 0.854. The number of pyridine rings is 1. The molecule has 0 saturated heterocycles. The van der Waals surface area contributed by atoms with Crippen LogP contribution in [0.5, 0.6) is 0 Å². The first kappa shape index (κ1) is 10.9. The Labute approximate surface area is 95.3 Å². The predicted molar refractivity (Wildman–Crippen MR) is 63.8 cm³/mol. The number of nitrogens with zero attached hydrogens (tertiary/aromatic N) is 1. The Morgan fingerprint density at radius 3 is 2.94 bits per heavy atom. The third-order valence-electron chi connectivity index (χ3n) is 2.54. The largest absolute Gasteiger partial charge is 0.459 e. The average Bonchev–Trinajstić information content (AvgIpc) is 2.80. The second-order valence-electron chi connectivity index (χ2n) is 3.84. The van der Waals surface area contributed by atoms with Gasteiger partial charge in [0.2, 0.25) is 0 Å². The van der Waals surface area contributed by atoms with Crippen molar-refractivity contribution in [3.63, 3.8) is 0 Å². The van der Waals surface area contributed by atoms with Crippen molar-refractivity contribution in [2.75, 3.05) is 0 Å². The first-order chi connectivity index (χ1) is 7.81. The maximum Gasteiger partial charge on any atom is 0.135 e. The topological polar surface area (TPSA) is 52.0 Å². The maximum absolute atomic E-state index is 5.99. The number of nitrogens with two attached hydrogens (primary N) is 1. The molecule has 2 aromatic rings. The number of hydrogen-bond acceptors (Lipinski definition) is 3. The van der Waals surface area contributed by atoms with Gasteiger partial charge in [-0.15, -0.1) is 0 Å². The van der Waals surface area contributed by atoms with Crippen LogP contribution in [0.15, 0.2) is 41.1 Å². The van der Waals surface area contributed by atoms with E-state index < -0.39 is 0 Å². The van der Waals surface area contributed by atoms with Gasteiger partial charge in [-0.1, -0.05) is 13.3 Å². The average molecular weight is 216 g/mol. The minimum atomic E-state index is -0.00424. The van der Waals surface area contributed by atoms with Gasteiger partial charge in [-0.3, -0.25) is 4.98 Å². The van der Waals surface area contributed by atoms with Crippen LogP contribution >= 0.6 is 0 Å². The summed E-state index contributed by atoms with van der Waals surface area (Å²) in [5.74, 6) is 1.68. The molecule has 0 fully saturated rings. The number of hydrogen-bond donors (Lipinski definition) is 1. The van der Waals surface area contributed by atoms with Gasteiger partial charge in [0.25, 0.3) is 0 Å². The number of aromatic nitrogens is 1. The molecule has 0 aliphatic carbocycles. The van der Waals surface area contributed by atoms with E-state index in [1.807, 2.05) is 24.3 Å². The van der Waals surface area contributed by atoms with Crippen molar-refractivity contribution in [3.8, 4) is 11.3 Å². The van der Waals surface area contributed by atoms with Crippen LogP contribution < -0.4 is 5.73 Å². The van der Waals surface area contributed by atoms with Crippen LogP contribution in [0.1, 0.15) is 31.6 Å². The van der Waals surface area contributed by atoms with Crippen LogP contribution in [-0.2, 0) is 0 Å². The van der Waals surface area contributed by atoms with E-state index in [1.165, 1.54) is 0 Å². The van der Waals surface area contributed by atoms with Gasteiger partial charge in [-0.05, 0) is 30.7 Å². The van der Waals surface area contributed by atoms with Gasteiger partial charge in [-0.25, -0.2) is 0 Å². The maximum atomic E-state index is 5.99. The Balaban J connectivity index is 2.20. The van der Waals surface area contributed by atoms with Crippen LogP contribution in [0, 0.1) is 0 Å². The van der Waals surface area contributed by atoms with Gasteiger partial charge in [0.15, 0.2) is 0 Å². The van der Waals surface area contributed by atoms with Gasteiger partial charge in [0.1, 0.15) is 11.5 Å². The summed E-state index contributed by atoms with van der Waals surface area (Å²) in [4.78, 5) is 4.06. The van der Waals surface area contributed by atoms with E-state index in [-0.39, 0.29) is 6.04 Å². The normalized spacial score (nSPS) is 12.6. The van der Waals surface area contributed by atoms with Gasteiger partial charge in [0, 0.05) is 18.0 Å². The molecule has 0 aromatic carbocycles. The summed E-state index contributed by atoms with van der Waals surface area (Å²) in [6.07, 6.45) is 5.54. The van der Waals surface area contributed by atoms with Crippen molar-refractivity contribution in [2.24, 2.45) is 5.73 Å². The third kappa shape index (κ3) is 2.31. The van der Waals surface area contributed by atoms with Crippen molar-refractivity contribution >= 4 is 0 Å². The smallest absolute Gasteiger partial charge is 0.135 e. The van der Waals surface area contributed by atoms with Gasteiger partial charge >= 0.3 is 0 Å². The molecule has 3 heteroatoms. The lowest BCUT2D eigenvalue weighted by Crippen LogP contribution is -2.08. The molecule has 16 heavy (non-hydrogen) atoms. The van der Waals surface area contributed by atoms with E-state index in [0.29, 0.717) is 0 Å². The second kappa shape index (κ2) is 4.94. The fraction of sp³-hybridized carbons (Fsp3) is 0.308. The molecule has 0 aliphatic heterocycles. The second-order valence-corrected chi connectivity index (χ2v) is 3.84. The molecule has 2 rings (SSSR count). The standard InChI is InChI=1S/C13H16N2O/c1-2-4-11(14)13-7-6-12(16-13)10-5-3-8-15-9-10/h3,5-9,11H,2,4,14H2,1H3. The van der Waals surface area contributed by atoms with Crippen LogP contribution in [0.2, 0.25) is 0 Å². The van der Waals surface area contributed by atoms with E-state index in [9.17, 15) is 0 Å². The van der Waals surface area contributed by atoms with Crippen molar-refractivity contribution in [1.29, 1.82) is 0 Å². The van der Waals surface area contributed by atoms with Crippen LogP contribution in [0.25, 0.3) is 11.3 Å². The molecule has 0 saturated carbocycles. The molecule has 0 aliphatic rings. The Morgan fingerprint density at radius 1 is 1.38 bits per heavy atom. The molecule has 2 N–H and O–H groups in total. The zero-order valence-corrected chi connectivity index (χ0v) is 9.39. The van der Waals surface area contributed by atoms with E-state index in [1.54, 1.807) is 12.4 Å². The summed E-state index contributed by atoms with van der Waals surface area (Å²) in [6.45, 7) is 2.12. The van der Waals surface area contributed by atoms with E-state index in [0.717, 1.165) is 29.9 Å². The van der Waals surface area contributed by atoms with Crippen LogP contribution in [0.3, 0.4) is 0 Å². The summed E-state index contributed by atoms with van der Waals surface area (Å²) >= 11 is 0. The molecule has 0 spiro atoms. The molecule has 3 nitrogen and oxygen atoms in total. The Bertz CT molecular complexity index is 436. The van der Waals surface area contributed by atoms with Crippen molar-refractivity contribution < 1.29 is 4.42 Å². The number of furan rings is 1. The fourth-order valence-electron chi connectivity index (χ4n) is 1.67. The minimum Gasteiger partial charge on any atom is -0.459 e. The van der Waals surface area contributed by atoms with Crippen molar-refractivity contribution in [3.05, 3.63) is 42.4 Å². The summed E-state index contributed by atoms with van der Waals surface area (Å²) in [5.41, 5.74) is 6.97. The summed E-state index contributed by atoms with van der Waals surface area (Å²) < 4.78 is 5.72. The third-order valence-corrected chi connectivity index (χ3v) is 2.54. The lowest BCUT2D eigenvalue weighted by Gasteiger charge is -2.05. The zero-order valence-electron chi connectivity index (χ0n) is 9.39. The Morgan fingerprint density at radius 2 is 2.25 bits per heavy atom. The molecule has 1 unspecified atom stereocenters. The van der Waals surface area contributed by atoms with Crippen molar-refractivity contribution in [2.45, 2.75) is 25.8 Å². The predicted octanol–water partition coefficient (Wildman–Crippen LogP) is 3.14. The highest BCUT2D eigenvalue weighted by atomic mass is 16.3. The van der Waals surface area contributed by atoms with Gasteiger partial charge < -0.3 is 10.2 Å². The Kier molecular flexibility index (Phi) is 3.37. The summed E-state index contributed by atoms with van der Waals surface area (Å²) in [5, 5.41) is 0. The Hall–Kier alpha value is -1.61. The van der Waals surface area contributed by atoms with Gasteiger partial charge in [0.05, 0.1) is 6.04 Å². The highest BCUT2D eigenvalue weighted by Crippen LogP contribution is 2.25. The van der Waals surface area contributed by atoms with Crippen LogP contribution in [-0.4, -0.2) is 4.98 Å². The van der Waals surface area contributed by atoms with E-state index in [4.69, 9.17) is 10.2 Å². The summed E-state index contributed by atoms with van der Waals surface area (Å²) in [6, 6.07) is 7.75. The van der Waals surface area contributed by atoms with Crippen LogP contribution in [0.4, 0.5) is 0 Å². The highest BCUT2D eigenvalue weighted by molar-refractivity contribution is 5.55. The zero-order chi connectivity index (χ0) is 11.4. The molecule has 2 heterocycles. The lowest BCUT2D eigenvalue weighted by atomic mass is 10.1. The minimum absolute atomic E-state index is 0.00424. The lowest BCUT2D eigenvalue weighted by molar-refractivity contribution is 0.459. The van der Waals surface area contributed by atoms with E-state index >= 15 is 0 Å². The first-order valence-electron chi connectivity index (χ1n) is 5.57. The summed E-state index contributed by atoms with van der Waals surface area (Å²) in [7, 11) is 0. The molecule has 0 radical (unpaired) electrons. The molecular weight excluding hydrogens is 200 g/mol. The molecule has 2 aromatic heterocycles. The SMILES string of the molecule is CCCC(N)c1ccc(-c2cccnc2)o1. The first-order valence-corrected chi connectivity index (χ1v) is 5.57. The molecule has 1 atom stereocenters. The van der Waals surface area contributed by atoms with Gasteiger partial charge in [-0.2, -0.15) is 0 Å². The molecule has 84 valence electrons. The number of rotatable bonds is 4. The monoisotopic (exact) mass is 216 g/mol.